The van der Waals surface area contributed by atoms with Crippen LogP contribution in [0.5, 0.6) is 0 Å². The average molecular weight is 422 g/mol. The Labute approximate surface area is 159 Å². The van der Waals surface area contributed by atoms with Gasteiger partial charge in [-0.25, -0.2) is 4.21 Å². The molecule has 0 saturated heterocycles. The van der Waals surface area contributed by atoms with Gasteiger partial charge in [0.1, 0.15) is 5.69 Å². The van der Waals surface area contributed by atoms with Crippen LogP contribution in [-0.2, 0) is 15.9 Å². The Hall–Kier alpha value is -1.84. The molecule has 0 amide bonds. The standard InChI is InChI=1S/C16H15ClF3N3OS2/c1-10(11-3-8-14(21-9-11)16(18,19)20)26(2,24)23-15(25)22-13-6-4-12(17)5-7-13/h3-9H,1-2H3,(H2,22,23,24,25). The molecule has 1 aromatic carbocycles. The number of hydrogen-bond acceptors (Lipinski definition) is 3. The summed E-state index contributed by atoms with van der Waals surface area (Å²) < 4.78 is 53.3. The van der Waals surface area contributed by atoms with Crippen LogP contribution in [0.15, 0.2) is 42.6 Å². The number of halogens is 4. The van der Waals surface area contributed by atoms with Gasteiger partial charge in [0.25, 0.3) is 0 Å². The molecular formula is C16H15ClF3N3OS2. The highest BCUT2D eigenvalue weighted by atomic mass is 35.5. The summed E-state index contributed by atoms with van der Waals surface area (Å²) in [5.74, 6) is 0. The quantitative estimate of drug-likeness (QED) is 0.578. The number of anilines is 1. The molecule has 0 spiro atoms. The van der Waals surface area contributed by atoms with E-state index in [4.69, 9.17) is 23.8 Å². The molecule has 2 N–H and O–H groups in total. The van der Waals surface area contributed by atoms with Gasteiger partial charge in [0.2, 0.25) is 0 Å². The first-order valence-corrected chi connectivity index (χ1v) is 9.95. The van der Waals surface area contributed by atoms with Crippen molar-refractivity contribution in [3.8, 4) is 0 Å². The summed E-state index contributed by atoms with van der Waals surface area (Å²) in [6.07, 6.45) is -2.07. The molecule has 0 fully saturated rings. The van der Waals surface area contributed by atoms with Crippen LogP contribution in [0, 0.1) is 0 Å². The minimum atomic E-state index is -4.53. The second-order valence-electron chi connectivity index (χ2n) is 5.39. The van der Waals surface area contributed by atoms with Crippen molar-refractivity contribution in [2.24, 2.45) is 0 Å². The summed E-state index contributed by atoms with van der Waals surface area (Å²) in [5, 5.41) is 3.54. The van der Waals surface area contributed by atoms with Gasteiger partial charge in [0.15, 0.2) is 5.11 Å². The molecule has 0 aliphatic rings. The number of alkyl halides is 3. The van der Waals surface area contributed by atoms with Crippen molar-refractivity contribution in [2.45, 2.75) is 13.1 Å². The number of aromatic nitrogens is 1. The second-order valence-corrected chi connectivity index (χ2v) is 8.74. The Balaban J connectivity index is 2.19. The van der Waals surface area contributed by atoms with Crippen molar-refractivity contribution in [1.29, 1.82) is 0 Å². The molecule has 0 aliphatic heterocycles. The lowest BCUT2D eigenvalue weighted by atomic mass is 10.2. The molecule has 1 aromatic heterocycles. The molecule has 140 valence electrons. The van der Waals surface area contributed by atoms with Gasteiger partial charge in [-0.15, -0.1) is 0 Å². The van der Waals surface area contributed by atoms with Crippen LogP contribution in [0.25, 0.3) is 0 Å². The molecule has 10 heteroatoms. The summed E-state index contributed by atoms with van der Waals surface area (Å²) in [7, 11) is -2.82. The molecule has 2 aromatic rings. The van der Waals surface area contributed by atoms with E-state index in [1.54, 1.807) is 31.2 Å². The van der Waals surface area contributed by atoms with Crippen LogP contribution >= 0.6 is 23.8 Å². The number of benzene rings is 1. The van der Waals surface area contributed by atoms with Crippen molar-refractivity contribution in [2.75, 3.05) is 11.6 Å². The monoisotopic (exact) mass is 421 g/mol. The van der Waals surface area contributed by atoms with Crippen LogP contribution < -0.4 is 10.0 Å². The maximum atomic E-state index is 12.9. The highest BCUT2D eigenvalue weighted by Gasteiger charge is 2.32. The zero-order valence-electron chi connectivity index (χ0n) is 13.7. The first-order chi connectivity index (χ1) is 12.0. The number of thiocarbonyl (C=S) groups is 1. The summed E-state index contributed by atoms with van der Waals surface area (Å²) in [6.45, 7) is 1.55. The number of hydrogen-bond donors (Lipinski definition) is 2. The molecule has 1 atom stereocenters. The van der Waals surface area contributed by atoms with Gasteiger partial charge in [-0.1, -0.05) is 17.7 Å². The lowest BCUT2D eigenvalue weighted by molar-refractivity contribution is -0.141. The topological polar surface area (TPSA) is 54.0 Å². The molecule has 0 radical (unpaired) electrons. The van der Waals surface area contributed by atoms with Gasteiger partial charge in [-0.3, -0.25) is 9.71 Å². The first-order valence-electron chi connectivity index (χ1n) is 7.20. The number of rotatable bonds is 3. The third-order valence-electron chi connectivity index (χ3n) is 3.43. The van der Waals surface area contributed by atoms with E-state index in [0.29, 0.717) is 21.1 Å². The van der Waals surface area contributed by atoms with Gasteiger partial charge < -0.3 is 5.32 Å². The minimum Gasteiger partial charge on any atom is -0.332 e. The first kappa shape index (κ1) is 20.5. The largest absolute Gasteiger partial charge is 0.433 e. The Morgan fingerprint density at radius 1 is 1.19 bits per heavy atom. The highest BCUT2D eigenvalue weighted by Crippen LogP contribution is 2.27. The van der Waals surface area contributed by atoms with E-state index < -0.39 is 21.6 Å². The van der Waals surface area contributed by atoms with Crippen LogP contribution in [0.4, 0.5) is 18.9 Å². The minimum absolute atomic E-state index is 0.110. The van der Waals surface area contributed by atoms with Crippen molar-refractivity contribution < 1.29 is 17.4 Å². The maximum absolute atomic E-state index is 12.9. The van der Waals surface area contributed by atoms with Crippen LogP contribution in [-0.4, -0.2) is 25.4 Å². The normalized spacial score (nSPS) is 13.6. The zero-order valence-corrected chi connectivity index (χ0v) is 16.1. The number of nitrogens with one attached hydrogen (secondary N) is 2. The lowest BCUT2D eigenvalue weighted by Crippen LogP contribution is -2.36. The average Bonchev–Trinajstić information content (AvgIpc) is 2.55. The fourth-order valence-corrected chi connectivity index (χ4v) is 3.79. The Morgan fingerprint density at radius 3 is 2.31 bits per heavy atom. The highest BCUT2D eigenvalue weighted by molar-refractivity contribution is 8.01. The van der Waals surface area contributed by atoms with Gasteiger partial charge in [0, 0.05) is 33.6 Å². The summed E-state index contributed by atoms with van der Waals surface area (Å²) in [4.78, 5) is 3.71. The molecule has 1 unspecified atom stereocenters. The molecule has 2 rings (SSSR count). The Bertz CT molecular complexity index is 919. The SMILES string of the molecule is CC(c1ccc(C(F)(F)F)nc1)=S(C)(=O)NC(=S)Nc1ccc(Cl)cc1. The van der Waals surface area contributed by atoms with E-state index in [1.165, 1.54) is 12.3 Å². The summed E-state index contributed by atoms with van der Waals surface area (Å²) >= 11 is 10.9. The van der Waals surface area contributed by atoms with Crippen molar-refractivity contribution >= 4 is 49.2 Å². The predicted molar refractivity (Wildman–Crippen MR) is 104 cm³/mol. The molecule has 26 heavy (non-hydrogen) atoms. The fourth-order valence-electron chi connectivity index (χ4n) is 1.94. The molecule has 0 aliphatic carbocycles. The summed E-state index contributed by atoms with van der Waals surface area (Å²) in [5.41, 5.74) is -0.0345. The third kappa shape index (κ3) is 5.33. The van der Waals surface area contributed by atoms with Gasteiger partial charge in [-0.2, -0.15) is 13.2 Å². The zero-order chi connectivity index (χ0) is 19.5. The summed E-state index contributed by atoms with van der Waals surface area (Å²) in [6, 6.07) is 8.81. The van der Waals surface area contributed by atoms with Crippen molar-refractivity contribution in [3.05, 3.63) is 58.9 Å². The van der Waals surface area contributed by atoms with E-state index in [2.05, 4.69) is 15.0 Å². The predicted octanol–water partition coefficient (Wildman–Crippen LogP) is 4.11. The Morgan fingerprint density at radius 2 is 1.81 bits per heavy atom. The number of nitrogens with zero attached hydrogens (tertiary/aromatic N) is 1. The van der Waals surface area contributed by atoms with Crippen molar-refractivity contribution in [3.63, 3.8) is 0 Å². The van der Waals surface area contributed by atoms with Crippen LogP contribution in [0.1, 0.15) is 18.2 Å². The Kier molecular flexibility index (Phi) is 6.15. The van der Waals surface area contributed by atoms with Crippen LogP contribution in [0.3, 0.4) is 0 Å². The number of pyridine rings is 1. The lowest BCUT2D eigenvalue weighted by Gasteiger charge is -2.16. The van der Waals surface area contributed by atoms with Crippen molar-refractivity contribution in [1.82, 2.24) is 9.71 Å². The molecular weight excluding hydrogens is 407 g/mol. The second kappa shape index (κ2) is 7.81. The maximum Gasteiger partial charge on any atom is 0.433 e. The molecule has 0 saturated carbocycles. The molecule has 4 nitrogen and oxygen atoms in total. The van der Waals surface area contributed by atoms with E-state index in [0.717, 1.165) is 12.3 Å². The van der Waals surface area contributed by atoms with Crippen LogP contribution in [0.2, 0.25) is 5.02 Å². The smallest absolute Gasteiger partial charge is 0.332 e. The third-order valence-corrected chi connectivity index (χ3v) is 6.02. The van der Waals surface area contributed by atoms with Gasteiger partial charge in [0.05, 0.1) is 9.71 Å². The van der Waals surface area contributed by atoms with E-state index in [9.17, 15) is 17.4 Å². The van der Waals surface area contributed by atoms with E-state index in [-0.39, 0.29) is 5.11 Å². The van der Waals surface area contributed by atoms with E-state index in [1.807, 2.05) is 0 Å². The van der Waals surface area contributed by atoms with Gasteiger partial charge in [-0.05, 0) is 49.5 Å². The fraction of sp³-hybridized carbons (Fsp3) is 0.188. The molecule has 1 heterocycles. The molecule has 0 bridgehead atoms. The van der Waals surface area contributed by atoms with E-state index >= 15 is 0 Å². The van der Waals surface area contributed by atoms with Gasteiger partial charge >= 0.3 is 6.18 Å².